The quantitative estimate of drug-likeness (QED) is 0.726. The molecule has 2 N–H and O–H groups in total. The predicted octanol–water partition coefficient (Wildman–Crippen LogP) is 0.306. The van der Waals surface area contributed by atoms with Gasteiger partial charge in [-0.15, -0.1) is 0 Å². The van der Waals surface area contributed by atoms with Crippen molar-refractivity contribution in [1.82, 2.24) is 10.2 Å². The van der Waals surface area contributed by atoms with Gasteiger partial charge < -0.3 is 10.4 Å². The number of hydrogen-bond donors (Lipinski definition) is 2. The molecule has 92 valence electrons. The molecule has 0 aromatic rings. The monoisotopic (exact) mass is 228 g/mol. The van der Waals surface area contributed by atoms with Gasteiger partial charge in [-0.3, -0.25) is 9.69 Å². The van der Waals surface area contributed by atoms with E-state index in [4.69, 9.17) is 5.11 Å². The maximum Gasteiger partial charge on any atom is 0.327 e. The number of aliphatic carboxylic acids is 1. The van der Waals surface area contributed by atoms with Gasteiger partial charge in [0, 0.05) is 26.1 Å². The van der Waals surface area contributed by atoms with Gasteiger partial charge in [0.2, 0.25) is 5.91 Å². The molecule has 1 amide bonds. The molecule has 3 unspecified atom stereocenters. The number of carboxylic acids is 1. The van der Waals surface area contributed by atoms with Crippen molar-refractivity contribution in [2.75, 3.05) is 13.1 Å². The summed E-state index contributed by atoms with van der Waals surface area (Å²) in [5.41, 5.74) is 0. The fourth-order valence-electron chi connectivity index (χ4n) is 2.31. The molecule has 1 saturated heterocycles. The van der Waals surface area contributed by atoms with Crippen LogP contribution >= 0.6 is 0 Å². The first kappa shape index (κ1) is 13.0. The van der Waals surface area contributed by atoms with Gasteiger partial charge in [0.15, 0.2) is 0 Å². The minimum atomic E-state index is -0.970. The zero-order valence-corrected chi connectivity index (χ0v) is 10.1. The van der Waals surface area contributed by atoms with Crippen LogP contribution in [0.25, 0.3) is 0 Å². The molecule has 5 heteroatoms. The summed E-state index contributed by atoms with van der Waals surface area (Å²) in [4.78, 5) is 24.0. The Balaban J connectivity index is 2.54. The molecule has 0 bridgehead atoms. The largest absolute Gasteiger partial charge is 0.480 e. The molecule has 3 atom stereocenters. The number of carboxylic acid groups (broad SMARTS) is 1. The van der Waals surface area contributed by atoms with Crippen molar-refractivity contribution in [3.05, 3.63) is 0 Å². The number of nitrogens with zero attached hydrogens (tertiary/aromatic N) is 1. The summed E-state index contributed by atoms with van der Waals surface area (Å²) in [6.45, 7) is 6.89. The molecule has 1 fully saturated rings. The number of likely N-dealkylation sites (tertiary alicyclic amines) is 1. The first-order chi connectivity index (χ1) is 7.40. The van der Waals surface area contributed by atoms with Crippen LogP contribution < -0.4 is 5.32 Å². The summed E-state index contributed by atoms with van der Waals surface area (Å²) in [6.07, 6.45) is 1.09. The van der Waals surface area contributed by atoms with Crippen LogP contribution in [0.15, 0.2) is 0 Å². The van der Waals surface area contributed by atoms with E-state index >= 15 is 0 Å². The summed E-state index contributed by atoms with van der Waals surface area (Å²) in [5.74, 6) is -0.670. The zero-order chi connectivity index (χ0) is 12.3. The number of nitrogens with one attached hydrogen (secondary N) is 1. The molecule has 16 heavy (non-hydrogen) atoms. The van der Waals surface area contributed by atoms with E-state index < -0.39 is 12.0 Å². The Morgan fingerprint density at radius 2 is 2.12 bits per heavy atom. The summed E-state index contributed by atoms with van der Waals surface area (Å²) < 4.78 is 0. The third-order valence-electron chi connectivity index (χ3n) is 3.01. The van der Waals surface area contributed by atoms with Gasteiger partial charge in [0.1, 0.15) is 6.04 Å². The van der Waals surface area contributed by atoms with Crippen LogP contribution in [0.3, 0.4) is 0 Å². The third-order valence-corrected chi connectivity index (χ3v) is 3.01. The van der Waals surface area contributed by atoms with Gasteiger partial charge in [-0.1, -0.05) is 6.92 Å². The molecule has 0 saturated carbocycles. The van der Waals surface area contributed by atoms with E-state index in [2.05, 4.69) is 24.1 Å². The normalized spacial score (nSPS) is 27.7. The second-order valence-electron chi connectivity index (χ2n) is 4.74. The molecular weight excluding hydrogens is 208 g/mol. The standard InChI is InChI=1S/C11H20N2O3/c1-7-4-8(2)13(5-7)6-10(11(15)16)12-9(3)14/h7-8,10H,4-6H2,1-3H3,(H,12,14)(H,15,16). The van der Waals surface area contributed by atoms with Crippen molar-refractivity contribution in [2.24, 2.45) is 5.92 Å². The van der Waals surface area contributed by atoms with Crippen LogP contribution in [-0.2, 0) is 9.59 Å². The zero-order valence-electron chi connectivity index (χ0n) is 10.1. The lowest BCUT2D eigenvalue weighted by atomic mass is 10.1. The summed E-state index contributed by atoms with van der Waals surface area (Å²) in [7, 11) is 0. The molecule has 0 spiro atoms. The number of rotatable bonds is 4. The maximum atomic E-state index is 11.0. The van der Waals surface area contributed by atoms with Crippen molar-refractivity contribution < 1.29 is 14.7 Å². The van der Waals surface area contributed by atoms with Crippen LogP contribution in [0.1, 0.15) is 27.2 Å². The van der Waals surface area contributed by atoms with E-state index in [1.165, 1.54) is 6.92 Å². The van der Waals surface area contributed by atoms with Gasteiger partial charge in [-0.25, -0.2) is 4.79 Å². The lowest BCUT2D eigenvalue weighted by Crippen LogP contribution is -2.48. The lowest BCUT2D eigenvalue weighted by Gasteiger charge is -2.25. The molecule has 1 aliphatic heterocycles. The van der Waals surface area contributed by atoms with Gasteiger partial charge in [0.25, 0.3) is 0 Å². The van der Waals surface area contributed by atoms with E-state index in [0.717, 1.165) is 13.0 Å². The number of hydrogen-bond acceptors (Lipinski definition) is 3. The van der Waals surface area contributed by atoms with Gasteiger partial charge in [-0.05, 0) is 19.3 Å². The van der Waals surface area contributed by atoms with Gasteiger partial charge >= 0.3 is 5.97 Å². The Bertz CT molecular complexity index is 280. The number of amides is 1. The Morgan fingerprint density at radius 3 is 2.50 bits per heavy atom. The Hall–Kier alpha value is -1.10. The number of carbonyl (C=O) groups is 2. The van der Waals surface area contributed by atoms with Crippen molar-refractivity contribution in [3.8, 4) is 0 Å². The van der Waals surface area contributed by atoms with Crippen molar-refractivity contribution >= 4 is 11.9 Å². The van der Waals surface area contributed by atoms with Crippen molar-refractivity contribution in [2.45, 2.75) is 39.3 Å². The Labute approximate surface area is 95.8 Å². The molecule has 5 nitrogen and oxygen atoms in total. The average Bonchev–Trinajstić information content (AvgIpc) is 2.43. The maximum absolute atomic E-state index is 11.0. The fourth-order valence-corrected chi connectivity index (χ4v) is 2.31. The molecule has 0 aromatic heterocycles. The highest BCUT2D eigenvalue weighted by atomic mass is 16.4. The summed E-state index contributed by atoms with van der Waals surface area (Å²) in [6, 6.07) is -0.407. The van der Waals surface area contributed by atoms with Crippen LogP contribution in [0.5, 0.6) is 0 Å². The van der Waals surface area contributed by atoms with E-state index in [1.807, 2.05) is 0 Å². The minimum absolute atomic E-state index is 0.299. The topological polar surface area (TPSA) is 69.6 Å². The SMILES string of the molecule is CC(=O)NC(CN1CC(C)CC1C)C(=O)O. The van der Waals surface area contributed by atoms with E-state index in [-0.39, 0.29) is 5.91 Å². The molecular formula is C11H20N2O3. The molecule has 0 radical (unpaired) electrons. The molecule has 0 aliphatic carbocycles. The summed E-state index contributed by atoms with van der Waals surface area (Å²) in [5, 5.41) is 11.5. The highest BCUT2D eigenvalue weighted by Gasteiger charge is 2.30. The van der Waals surface area contributed by atoms with Crippen molar-refractivity contribution in [1.29, 1.82) is 0 Å². The molecule has 0 aromatic carbocycles. The highest BCUT2D eigenvalue weighted by Crippen LogP contribution is 2.22. The first-order valence-corrected chi connectivity index (χ1v) is 5.64. The minimum Gasteiger partial charge on any atom is -0.480 e. The molecule has 1 rings (SSSR count). The van der Waals surface area contributed by atoms with Gasteiger partial charge in [0.05, 0.1) is 0 Å². The predicted molar refractivity (Wildman–Crippen MR) is 60.1 cm³/mol. The van der Waals surface area contributed by atoms with E-state index in [9.17, 15) is 9.59 Å². The summed E-state index contributed by atoms with van der Waals surface area (Å²) >= 11 is 0. The fraction of sp³-hybridized carbons (Fsp3) is 0.818. The smallest absolute Gasteiger partial charge is 0.327 e. The third kappa shape index (κ3) is 3.48. The second-order valence-corrected chi connectivity index (χ2v) is 4.74. The van der Waals surface area contributed by atoms with E-state index in [1.54, 1.807) is 0 Å². The number of carbonyl (C=O) groups excluding carboxylic acids is 1. The Kier molecular flexibility index (Phi) is 4.29. The highest BCUT2D eigenvalue weighted by molar-refractivity contribution is 5.82. The van der Waals surface area contributed by atoms with Crippen LogP contribution in [0.2, 0.25) is 0 Å². The van der Waals surface area contributed by atoms with Crippen LogP contribution in [0, 0.1) is 5.92 Å². The molecule has 1 heterocycles. The van der Waals surface area contributed by atoms with Crippen LogP contribution in [-0.4, -0.2) is 47.1 Å². The van der Waals surface area contributed by atoms with Crippen LogP contribution in [0.4, 0.5) is 0 Å². The molecule has 1 aliphatic rings. The first-order valence-electron chi connectivity index (χ1n) is 5.64. The van der Waals surface area contributed by atoms with E-state index in [0.29, 0.717) is 18.5 Å². The average molecular weight is 228 g/mol. The lowest BCUT2D eigenvalue weighted by molar-refractivity contribution is -0.142. The Morgan fingerprint density at radius 1 is 1.50 bits per heavy atom. The van der Waals surface area contributed by atoms with Gasteiger partial charge in [-0.2, -0.15) is 0 Å². The van der Waals surface area contributed by atoms with Crippen molar-refractivity contribution in [3.63, 3.8) is 0 Å². The second kappa shape index (κ2) is 5.30.